The Bertz CT molecular complexity index is 4010. The molecule has 0 bridgehead atoms. The summed E-state index contributed by atoms with van der Waals surface area (Å²) in [6.07, 6.45) is 9.27. The van der Waals surface area contributed by atoms with Gasteiger partial charge in [-0.05, 0) is 86.5 Å². The highest BCUT2D eigenvalue weighted by Crippen LogP contribution is 2.60. The van der Waals surface area contributed by atoms with Crippen LogP contribution >= 0.6 is 0 Å². The van der Waals surface area contributed by atoms with Crippen LogP contribution in [0.4, 0.5) is 0 Å². The Balaban J connectivity index is 0.826. The van der Waals surface area contributed by atoms with E-state index in [1.165, 1.54) is 76.8 Å². The second kappa shape index (κ2) is 16.2. The lowest BCUT2D eigenvalue weighted by Crippen LogP contribution is -2.36. The van der Waals surface area contributed by atoms with E-state index in [0.717, 1.165) is 55.8 Å². The number of fused-ring (bicyclic) bond motifs is 16. The second-order valence-electron chi connectivity index (χ2n) is 21.6. The van der Waals surface area contributed by atoms with Crippen molar-refractivity contribution < 1.29 is 14.2 Å². The first-order chi connectivity index (χ1) is 36.0. The topological polar surface area (TPSA) is 27.7 Å². The van der Waals surface area contributed by atoms with Gasteiger partial charge in [-0.2, -0.15) is 0 Å². The maximum absolute atomic E-state index is 7.63. The first kappa shape index (κ1) is 44.5. The van der Waals surface area contributed by atoms with Crippen LogP contribution in [-0.4, -0.2) is 16.6 Å². The zero-order valence-electron chi connectivity index (χ0n) is 42.5. The van der Waals surface area contributed by atoms with Crippen molar-refractivity contribution in [3.8, 4) is 39.5 Å². The van der Waals surface area contributed by atoms with Crippen molar-refractivity contribution in [2.75, 3.05) is 7.11 Å². The minimum absolute atomic E-state index is 0.194. The highest BCUT2D eigenvalue weighted by Gasteiger charge is 2.46. The predicted octanol–water partition coefficient (Wildman–Crippen LogP) is 15.3. The van der Waals surface area contributed by atoms with E-state index in [-0.39, 0.29) is 10.8 Å². The van der Waals surface area contributed by atoms with E-state index in [4.69, 9.17) is 14.2 Å². The molecule has 4 heteroatoms. The summed E-state index contributed by atoms with van der Waals surface area (Å²) in [6.45, 7) is 11.6. The van der Waals surface area contributed by atoms with Gasteiger partial charge in [0.05, 0.1) is 7.11 Å². The van der Waals surface area contributed by atoms with Gasteiger partial charge in [0.25, 0.3) is 0 Å². The number of benzene rings is 10. The van der Waals surface area contributed by atoms with Gasteiger partial charge < -0.3 is 14.2 Å². The Hall–Kier alpha value is -8.18. The molecule has 0 N–H and O–H groups in total. The number of ether oxygens (including phenoxy) is 3. The largest absolute Gasteiger partial charge is 0.497 e. The highest BCUT2D eigenvalue weighted by atomic mass is 28.2. The molecule has 2 aliphatic carbocycles. The molecule has 2 unspecified atom stereocenters. The Labute approximate surface area is 436 Å². The van der Waals surface area contributed by atoms with Crippen molar-refractivity contribution in [1.29, 1.82) is 0 Å². The van der Waals surface area contributed by atoms with Crippen LogP contribution in [-0.2, 0) is 22.0 Å². The summed E-state index contributed by atoms with van der Waals surface area (Å²) in [5.41, 5.74) is 16.3. The summed E-state index contributed by atoms with van der Waals surface area (Å²) in [6, 6.07) is 70.8. The fourth-order valence-corrected chi connectivity index (χ4v) is 14.2. The van der Waals surface area contributed by atoms with Crippen LogP contribution in [0.3, 0.4) is 0 Å². The number of hydrogen-bond acceptors (Lipinski definition) is 3. The molecule has 2 aliphatic heterocycles. The molecule has 0 amide bonds. The molecular weight excluding hydrogens is 917 g/mol. The number of methoxy groups -OCH3 is 1. The van der Waals surface area contributed by atoms with Crippen molar-refractivity contribution in [1.82, 2.24) is 0 Å². The fourth-order valence-electron chi connectivity index (χ4n) is 13.2. The third-order valence-electron chi connectivity index (χ3n) is 16.8. The van der Waals surface area contributed by atoms with Gasteiger partial charge in [0.15, 0.2) is 11.2 Å². The Morgan fingerprint density at radius 3 is 1.19 bits per heavy atom. The molecule has 2 heterocycles. The van der Waals surface area contributed by atoms with Crippen molar-refractivity contribution in [3.05, 3.63) is 267 Å². The molecule has 0 fully saturated rings. The van der Waals surface area contributed by atoms with Crippen molar-refractivity contribution in [3.63, 3.8) is 0 Å². The molecule has 0 spiro atoms. The van der Waals surface area contributed by atoms with E-state index in [0.29, 0.717) is 9.52 Å². The van der Waals surface area contributed by atoms with Crippen LogP contribution in [0.15, 0.2) is 206 Å². The monoisotopic (exact) mass is 970 g/mol. The third kappa shape index (κ3) is 6.31. The molecular formula is C70H54O3Si. The molecule has 2 radical (unpaired) electrons. The van der Waals surface area contributed by atoms with E-state index in [1.807, 2.05) is 12.1 Å². The smallest absolute Gasteiger partial charge is 0.178 e. The quantitative estimate of drug-likeness (QED) is 0.149. The van der Waals surface area contributed by atoms with Crippen molar-refractivity contribution in [2.24, 2.45) is 0 Å². The molecule has 2 atom stereocenters. The van der Waals surface area contributed by atoms with E-state index in [2.05, 4.69) is 241 Å². The van der Waals surface area contributed by atoms with Crippen molar-refractivity contribution in [2.45, 2.75) is 56.7 Å². The fraction of sp³-hybridized carbons (Fsp3) is 0.143. The molecule has 3 nitrogen and oxygen atoms in total. The van der Waals surface area contributed by atoms with Crippen LogP contribution < -0.4 is 24.6 Å². The van der Waals surface area contributed by atoms with Gasteiger partial charge in [-0.3, -0.25) is 0 Å². The first-order valence-corrected chi connectivity index (χ1v) is 26.8. The summed E-state index contributed by atoms with van der Waals surface area (Å²) < 4.78 is 20.9. The summed E-state index contributed by atoms with van der Waals surface area (Å²) in [5.74, 6) is 2.66. The van der Waals surface area contributed by atoms with E-state index in [1.54, 1.807) is 7.11 Å². The maximum Gasteiger partial charge on any atom is 0.178 e. The van der Waals surface area contributed by atoms with Crippen LogP contribution in [0.2, 0.25) is 0 Å². The van der Waals surface area contributed by atoms with Crippen LogP contribution in [0.25, 0.3) is 56.0 Å². The van der Waals surface area contributed by atoms with Gasteiger partial charge in [0.1, 0.15) is 26.8 Å². The SMILES string of the molecule is COc1ccc(C2(c3ccc([Si]c4ccc(C5(c6ccc(C)cc6)C=Cc6c7c(c8ccccc8c6O5)-c5ccccc5C7(C)C)cc4)cc3)C=Cc3c4c(c5ccccc5c3O2)-c2ccccc2C4(C)C)cc1. The zero-order valence-corrected chi connectivity index (χ0v) is 43.5. The minimum atomic E-state index is -0.892. The van der Waals surface area contributed by atoms with Crippen molar-refractivity contribution >= 4 is 53.6 Å². The molecule has 4 aliphatic rings. The van der Waals surface area contributed by atoms with E-state index >= 15 is 0 Å². The summed E-state index contributed by atoms with van der Waals surface area (Å²) in [4.78, 5) is 0. The van der Waals surface area contributed by atoms with Gasteiger partial charge in [0, 0.05) is 55.0 Å². The molecule has 14 rings (SSSR count). The molecule has 0 saturated carbocycles. The lowest BCUT2D eigenvalue weighted by atomic mass is 9.77. The molecule has 74 heavy (non-hydrogen) atoms. The number of rotatable bonds is 7. The average molecular weight is 971 g/mol. The molecule has 0 aromatic heterocycles. The minimum Gasteiger partial charge on any atom is -0.497 e. The lowest BCUT2D eigenvalue weighted by molar-refractivity contribution is 0.163. The predicted molar refractivity (Wildman–Crippen MR) is 306 cm³/mol. The molecule has 10 aromatic rings. The van der Waals surface area contributed by atoms with Gasteiger partial charge >= 0.3 is 0 Å². The summed E-state index contributed by atoms with van der Waals surface area (Å²) in [5, 5.41) is 7.19. The lowest BCUT2D eigenvalue weighted by Gasteiger charge is -2.38. The molecule has 10 aromatic carbocycles. The first-order valence-electron chi connectivity index (χ1n) is 25.8. The van der Waals surface area contributed by atoms with Gasteiger partial charge in [-0.1, -0.05) is 238 Å². The van der Waals surface area contributed by atoms with E-state index in [9.17, 15) is 0 Å². The Kier molecular flexibility index (Phi) is 9.72. The third-order valence-corrected chi connectivity index (χ3v) is 18.1. The normalized spacial score (nSPS) is 18.9. The zero-order chi connectivity index (χ0) is 50.1. The van der Waals surface area contributed by atoms with Gasteiger partial charge in [-0.25, -0.2) is 0 Å². The standard InChI is InChI=1S/C70H54O3Si/c1-43-23-25-44(26-24-43)69(41-39-57-63-61(51-15-7-9-17-53(51)65(57)72-69)55-19-11-13-21-59(55)67(63,2)3)46-29-35-49(36-30-46)74-50-37-31-47(32-38-50)70(45-27-33-48(71-6)34-28-45)42-40-58-64-62(52-16-8-10-18-54(52)66(58)73-70)56-20-12-14-22-60(56)68(64,4)5/h7-42H,1-6H3. The Morgan fingerprint density at radius 1 is 0.405 bits per heavy atom. The van der Waals surface area contributed by atoms with Crippen LogP contribution in [0.5, 0.6) is 17.2 Å². The number of aryl methyl sites for hydroxylation is 1. The maximum atomic E-state index is 7.63. The Morgan fingerprint density at radius 2 is 0.770 bits per heavy atom. The average Bonchev–Trinajstić information content (AvgIpc) is 3.84. The molecule has 356 valence electrons. The van der Waals surface area contributed by atoms with Gasteiger partial charge in [-0.15, -0.1) is 0 Å². The van der Waals surface area contributed by atoms with E-state index < -0.39 is 11.2 Å². The van der Waals surface area contributed by atoms with Crippen LogP contribution in [0, 0.1) is 6.92 Å². The second-order valence-corrected chi connectivity index (χ2v) is 23.0. The highest BCUT2D eigenvalue weighted by molar-refractivity contribution is 6.67. The summed E-state index contributed by atoms with van der Waals surface area (Å²) >= 11 is 0. The number of hydrogen-bond donors (Lipinski definition) is 0. The summed E-state index contributed by atoms with van der Waals surface area (Å²) in [7, 11) is 2.15. The molecule has 0 saturated heterocycles. The van der Waals surface area contributed by atoms with Gasteiger partial charge in [0.2, 0.25) is 0 Å². The van der Waals surface area contributed by atoms with Crippen LogP contribution in [0.1, 0.15) is 88.9 Å².